The van der Waals surface area contributed by atoms with Crippen molar-refractivity contribution >= 4 is 0 Å². The summed E-state index contributed by atoms with van der Waals surface area (Å²) in [6.07, 6.45) is 0.583. The van der Waals surface area contributed by atoms with Crippen molar-refractivity contribution in [1.82, 2.24) is 10.3 Å². The molecule has 0 spiro atoms. The van der Waals surface area contributed by atoms with Crippen molar-refractivity contribution < 1.29 is 13.2 Å². The number of pyridine rings is 1. The molecule has 1 fully saturated rings. The zero-order chi connectivity index (χ0) is 11.6. The summed E-state index contributed by atoms with van der Waals surface area (Å²) in [6, 6.07) is 1.94. The maximum atomic E-state index is 12.6. The Morgan fingerprint density at radius 1 is 1.31 bits per heavy atom. The van der Waals surface area contributed by atoms with Crippen LogP contribution in [0.3, 0.4) is 0 Å². The highest BCUT2D eigenvalue weighted by atomic mass is 19.4. The maximum Gasteiger partial charge on any atom is 0.403 e. The number of piperidine rings is 1. The summed E-state index contributed by atoms with van der Waals surface area (Å²) in [5.74, 6) is 0. The van der Waals surface area contributed by atoms with E-state index >= 15 is 0 Å². The van der Waals surface area contributed by atoms with Gasteiger partial charge in [0.25, 0.3) is 0 Å². The van der Waals surface area contributed by atoms with Crippen molar-refractivity contribution in [2.75, 3.05) is 0 Å². The summed E-state index contributed by atoms with van der Waals surface area (Å²) in [6.45, 7) is 0. The molecule has 5 heteroatoms. The molecule has 0 aliphatic carbocycles. The zero-order valence-corrected chi connectivity index (χ0v) is 8.67. The summed E-state index contributed by atoms with van der Waals surface area (Å²) in [5.41, 5.74) is 0.830. The highest BCUT2D eigenvalue weighted by molar-refractivity contribution is 5.15. The number of nitrogens with one attached hydrogen (secondary N) is 1. The number of nitrogens with zero attached hydrogens (tertiary/aromatic N) is 1. The third-order valence-corrected chi connectivity index (χ3v) is 2.87. The Hall–Kier alpha value is -1.10. The van der Waals surface area contributed by atoms with Crippen molar-refractivity contribution in [3.8, 4) is 0 Å². The molecule has 1 N–H and O–H groups in total. The van der Waals surface area contributed by atoms with Crippen molar-refractivity contribution in [3.63, 3.8) is 0 Å². The Labute approximate surface area is 91.9 Å². The van der Waals surface area contributed by atoms with Gasteiger partial charge in [0.2, 0.25) is 0 Å². The Morgan fingerprint density at radius 2 is 2.12 bits per heavy atom. The molecule has 1 aliphatic rings. The van der Waals surface area contributed by atoms with Gasteiger partial charge in [-0.15, -0.1) is 0 Å². The topological polar surface area (TPSA) is 24.9 Å². The van der Waals surface area contributed by atoms with E-state index in [1.807, 2.05) is 6.07 Å². The van der Waals surface area contributed by atoms with Gasteiger partial charge in [-0.3, -0.25) is 10.3 Å². The van der Waals surface area contributed by atoms with Crippen molar-refractivity contribution in [2.24, 2.45) is 0 Å². The molecule has 1 aliphatic heterocycles. The van der Waals surface area contributed by atoms with Gasteiger partial charge in [-0.1, -0.05) is 6.07 Å². The van der Waals surface area contributed by atoms with E-state index in [0.717, 1.165) is 12.0 Å². The SMILES string of the molecule is FC(F)(F)C1CCCC(c2cccnc2)N1. The van der Waals surface area contributed by atoms with Crippen LogP contribution in [0.15, 0.2) is 24.5 Å². The molecular weight excluding hydrogens is 217 g/mol. The molecule has 2 atom stereocenters. The van der Waals surface area contributed by atoms with Crippen LogP contribution < -0.4 is 5.32 Å². The molecule has 0 aromatic carbocycles. The fraction of sp³-hybridized carbons (Fsp3) is 0.545. The Bertz CT molecular complexity index is 337. The van der Waals surface area contributed by atoms with Crippen molar-refractivity contribution in [2.45, 2.75) is 37.5 Å². The Morgan fingerprint density at radius 3 is 2.75 bits per heavy atom. The third kappa shape index (κ3) is 2.52. The number of rotatable bonds is 1. The Balaban J connectivity index is 2.08. The number of halogens is 3. The lowest BCUT2D eigenvalue weighted by molar-refractivity contribution is -0.163. The molecule has 0 bridgehead atoms. The molecule has 0 saturated carbocycles. The molecule has 16 heavy (non-hydrogen) atoms. The summed E-state index contributed by atoms with van der Waals surface area (Å²) in [7, 11) is 0. The molecule has 1 aromatic heterocycles. The minimum absolute atomic E-state index is 0.167. The lowest BCUT2D eigenvalue weighted by atomic mass is 9.94. The van der Waals surface area contributed by atoms with E-state index in [0.29, 0.717) is 6.42 Å². The highest BCUT2D eigenvalue weighted by Gasteiger charge is 2.42. The second-order valence-corrected chi connectivity index (χ2v) is 4.03. The van der Waals surface area contributed by atoms with E-state index in [9.17, 15) is 13.2 Å². The standard InChI is InChI=1S/C11H13F3N2/c12-11(13,14)10-5-1-4-9(16-10)8-3-2-6-15-7-8/h2-3,6-7,9-10,16H,1,4-5H2. The van der Waals surface area contributed by atoms with Crippen LogP contribution in [0.4, 0.5) is 13.2 Å². The summed E-state index contributed by atoms with van der Waals surface area (Å²) in [4.78, 5) is 3.93. The molecule has 0 amide bonds. The first-order valence-electron chi connectivity index (χ1n) is 5.30. The average molecular weight is 230 g/mol. The van der Waals surface area contributed by atoms with E-state index in [1.54, 1.807) is 18.5 Å². The van der Waals surface area contributed by atoms with Crippen LogP contribution in [0.2, 0.25) is 0 Å². The predicted octanol–water partition coefficient (Wildman–Crippen LogP) is 2.83. The van der Waals surface area contributed by atoms with Crippen LogP contribution in [0.5, 0.6) is 0 Å². The van der Waals surface area contributed by atoms with Gasteiger partial charge in [-0.05, 0) is 30.9 Å². The number of alkyl halides is 3. The smallest absolute Gasteiger partial charge is 0.299 e. The average Bonchev–Trinajstić information content (AvgIpc) is 2.29. The van der Waals surface area contributed by atoms with Gasteiger partial charge < -0.3 is 0 Å². The van der Waals surface area contributed by atoms with Gasteiger partial charge in [-0.25, -0.2) is 0 Å². The fourth-order valence-electron chi connectivity index (χ4n) is 2.04. The minimum Gasteiger partial charge on any atom is -0.299 e. The maximum absolute atomic E-state index is 12.6. The largest absolute Gasteiger partial charge is 0.403 e. The van der Waals surface area contributed by atoms with E-state index in [2.05, 4.69) is 10.3 Å². The molecule has 88 valence electrons. The number of aromatic nitrogens is 1. The Kier molecular flexibility index (Phi) is 3.14. The lowest BCUT2D eigenvalue weighted by Gasteiger charge is -2.32. The van der Waals surface area contributed by atoms with E-state index < -0.39 is 12.2 Å². The fourth-order valence-corrected chi connectivity index (χ4v) is 2.04. The van der Waals surface area contributed by atoms with Crippen LogP contribution >= 0.6 is 0 Å². The highest BCUT2D eigenvalue weighted by Crippen LogP contribution is 2.32. The number of hydrogen-bond donors (Lipinski definition) is 1. The molecule has 1 aromatic rings. The molecule has 2 nitrogen and oxygen atoms in total. The second-order valence-electron chi connectivity index (χ2n) is 4.03. The molecule has 1 saturated heterocycles. The van der Waals surface area contributed by atoms with Gasteiger partial charge in [0.1, 0.15) is 6.04 Å². The quantitative estimate of drug-likeness (QED) is 0.802. The van der Waals surface area contributed by atoms with E-state index in [-0.39, 0.29) is 12.5 Å². The summed E-state index contributed by atoms with van der Waals surface area (Å²) < 4.78 is 37.7. The summed E-state index contributed by atoms with van der Waals surface area (Å²) in [5, 5.41) is 2.64. The summed E-state index contributed by atoms with van der Waals surface area (Å²) >= 11 is 0. The van der Waals surface area contributed by atoms with Crippen molar-refractivity contribution in [3.05, 3.63) is 30.1 Å². The minimum atomic E-state index is -4.15. The monoisotopic (exact) mass is 230 g/mol. The lowest BCUT2D eigenvalue weighted by Crippen LogP contribution is -2.46. The van der Waals surface area contributed by atoms with E-state index in [1.165, 1.54) is 0 Å². The third-order valence-electron chi connectivity index (χ3n) is 2.87. The zero-order valence-electron chi connectivity index (χ0n) is 8.67. The molecule has 2 heterocycles. The van der Waals surface area contributed by atoms with Gasteiger partial charge in [-0.2, -0.15) is 13.2 Å². The number of hydrogen-bond acceptors (Lipinski definition) is 2. The second kappa shape index (κ2) is 4.41. The van der Waals surface area contributed by atoms with Gasteiger partial charge in [0.05, 0.1) is 0 Å². The van der Waals surface area contributed by atoms with Gasteiger partial charge in [0, 0.05) is 18.4 Å². The normalized spacial score (nSPS) is 26.7. The predicted molar refractivity (Wildman–Crippen MR) is 53.8 cm³/mol. The van der Waals surface area contributed by atoms with Crippen LogP contribution in [0, 0.1) is 0 Å². The van der Waals surface area contributed by atoms with Gasteiger partial charge in [0.15, 0.2) is 0 Å². The van der Waals surface area contributed by atoms with Crippen LogP contribution in [-0.2, 0) is 0 Å². The van der Waals surface area contributed by atoms with Crippen LogP contribution in [0.25, 0.3) is 0 Å². The first kappa shape index (κ1) is 11.4. The molecule has 0 radical (unpaired) electrons. The van der Waals surface area contributed by atoms with Gasteiger partial charge >= 0.3 is 6.18 Å². The van der Waals surface area contributed by atoms with E-state index in [4.69, 9.17) is 0 Å². The first-order chi connectivity index (χ1) is 7.57. The molecule has 2 rings (SSSR count). The van der Waals surface area contributed by atoms with Crippen LogP contribution in [-0.4, -0.2) is 17.2 Å². The molecule has 2 unspecified atom stereocenters. The molecular formula is C11H13F3N2. The first-order valence-corrected chi connectivity index (χ1v) is 5.30. The van der Waals surface area contributed by atoms with Crippen LogP contribution in [0.1, 0.15) is 30.9 Å². The van der Waals surface area contributed by atoms with Crippen molar-refractivity contribution in [1.29, 1.82) is 0 Å².